The van der Waals surface area contributed by atoms with Crippen LogP contribution in [0.15, 0.2) is 35.2 Å². The molecule has 0 bridgehead atoms. The summed E-state index contributed by atoms with van der Waals surface area (Å²) >= 11 is 0. The molecule has 0 fully saturated rings. The van der Waals surface area contributed by atoms with Gasteiger partial charge in [0.1, 0.15) is 15.9 Å². The summed E-state index contributed by atoms with van der Waals surface area (Å²) in [5, 5.41) is 1.56. The Bertz CT molecular complexity index is 880. The zero-order valence-corrected chi connectivity index (χ0v) is 22.4. The Morgan fingerprint density at radius 3 is 1.84 bits per heavy atom. The van der Waals surface area contributed by atoms with Crippen LogP contribution < -0.4 is 34.3 Å². The molecular weight excluding hydrogens is 419 g/mol. The first-order chi connectivity index (χ1) is 14.5. The minimum absolute atomic E-state index is 0. The fourth-order valence-corrected chi connectivity index (χ4v) is 4.71. The maximum Gasteiger partial charge on any atom is 1.00 e. The predicted octanol–water partition coefficient (Wildman–Crippen LogP) is 4.00. The molecule has 0 saturated carbocycles. The van der Waals surface area contributed by atoms with Crippen LogP contribution in [0.2, 0.25) is 0 Å². The molecule has 0 amide bonds. The second kappa shape index (κ2) is 15.3. The van der Waals surface area contributed by atoms with Crippen molar-refractivity contribution in [2.24, 2.45) is 0 Å². The standard InChI is InChI=1S/C25H38O4S.Na/c1-3-4-5-6-7-8-9-10-11-12-13-14-15-21-16-17-22-18-19-24(30(26,27)28)25(29-2)23(22)20-21;/h16-20H,3-15H2,1-2H3,(H,26,27,28);/q;+1/p-1. The van der Waals surface area contributed by atoms with Gasteiger partial charge >= 0.3 is 29.6 Å². The van der Waals surface area contributed by atoms with Crippen molar-refractivity contribution in [3.8, 4) is 5.75 Å². The van der Waals surface area contributed by atoms with E-state index >= 15 is 0 Å². The van der Waals surface area contributed by atoms with Crippen LogP contribution in [0.5, 0.6) is 5.75 Å². The first kappa shape index (κ1) is 28.4. The Morgan fingerprint density at radius 2 is 1.32 bits per heavy atom. The molecule has 2 aromatic rings. The Balaban J connectivity index is 0.00000480. The Labute approximate surface area is 211 Å². The molecule has 4 nitrogen and oxygen atoms in total. The quantitative estimate of drug-likeness (QED) is 0.231. The van der Waals surface area contributed by atoms with Crippen LogP contribution in [-0.4, -0.2) is 20.1 Å². The third kappa shape index (κ3) is 9.83. The van der Waals surface area contributed by atoms with E-state index in [9.17, 15) is 13.0 Å². The summed E-state index contributed by atoms with van der Waals surface area (Å²) in [6.07, 6.45) is 16.8. The molecule has 0 spiro atoms. The van der Waals surface area contributed by atoms with Gasteiger partial charge in [-0.3, -0.25) is 0 Å². The van der Waals surface area contributed by atoms with E-state index < -0.39 is 10.1 Å². The zero-order chi connectivity index (χ0) is 21.8. The van der Waals surface area contributed by atoms with Crippen LogP contribution in [0, 0.1) is 0 Å². The summed E-state index contributed by atoms with van der Waals surface area (Å²) < 4.78 is 39.8. The van der Waals surface area contributed by atoms with Crippen molar-refractivity contribution in [2.75, 3.05) is 7.11 Å². The van der Waals surface area contributed by atoms with Gasteiger partial charge in [0.2, 0.25) is 0 Å². The molecule has 0 aromatic heterocycles. The second-order valence-corrected chi connectivity index (χ2v) is 9.59. The molecule has 0 saturated heterocycles. The molecule has 0 aliphatic carbocycles. The Kier molecular flexibility index (Phi) is 14.0. The smallest absolute Gasteiger partial charge is 0.744 e. The van der Waals surface area contributed by atoms with E-state index in [2.05, 4.69) is 13.0 Å². The van der Waals surface area contributed by atoms with E-state index in [1.54, 1.807) is 6.07 Å². The van der Waals surface area contributed by atoms with Crippen molar-refractivity contribution >= 4 is 20.9 Å². The summed E-state index contributed by atoms with van der Waals surface area (Å²) in [5.74, 6) is 0.152. The third-order valence-corrected chi connectivity index (χ3v) is 6.65. The summed E-state index contributed by atoms with van der Waals surface area (Å²) in [5.41, 5.74) is 1.15. The predicted molar refractivity (Wildman–Crippen MR) is 123 cm³/mol. The number of unbranched alkanes of at least 4 members (excludes halogenated alkanes) is 11. The van der Waals surface area contributed by atoms with E-state index in [0.717, 1.165) is 23.8 Å². The monoisotopic (exact) mass is 456 g/mol. The van der Waals surface area contributed by atoms with Gasteiger partial charge in [0, 0.05) is 5.39 Å². The van der Waals surface area contributed by atoms with Gasteiger partial charge < -0.3 is 9.29 Å². The number of fused-ring (bicyclic) bond motifs is 1. The van der Waals surface area contributed by atoms with E-state index in [1.165, 1.54) is 83.8 Å². The van der Waals surface area contributed by atoms with Crippen molar-refractivity contribution in [2.45, 2.75) is 95.3 Å². The summed E-state index contributed by atoms with van der Waals surface area (Å²) in [7, 11) is -3.16. The SMILES string of the molecule is CCCCCCCCCCCCCCc1ccc2ccc(S(=O)(=O)[O-])c(OC)c2c1.[Na+]. The summed E-state index contributed by atoms with van der Waals surface area (Å²) in [6, 6.07) is 8.99. The van der Waals surface area contributed by atoms with E-state index in [4.69, 9.17) is 4.74 Å². The molecule has 0 atom stereocenters. The molecule has 6 heteroatoms. The van der Waals surface area contributed by atoms with E-state index in [0.29, 0.717) is 5.39 Å². The number of methoxy groups -OCH3 is 1. The molecular formula is C25H37NaO4S. The maximum atomic E-state index is 11.5. The van der Waals surface area contributed by atoms with Crippen LogP contribution in [0.1, 0.15) is 89.5 Å². The van der Waals surface area contributed by atoms with Crippen LogP contribution >= 0.6 is 0 Å². The van der Waals surface area contributed by atoms with Gasteiger partial charge in [-0.2, -0.15) is 0 Å². The normalized spacial score (nSPS) is 11.5. The minimum Gasteiger partial charge on any atom is -0.744 e. The van der Waals surface area contributed by atoms with Crippen LogP contribution in [-0.2, 0) is 16.5 Å². The average Bonchev–Trinajstić information content (AvgIpc) is 2.72. The summed E-state index contributed by atoms with van der Waals surface area (Å²) in [6.45, 7) is 2.26. The largest absolute Gasteiger partial charge is 1.00 e. The van der Waals surface area contributed by atoms with Crippen molar-refractivity contribution in [3.05, 3.63) is 35.9 Å². The van der Waals surface area contributed by atoms with Gasteiger partial charge in [-0.15, -0.1) is 0 Å². The minimum atomic E-state index is -4.57. The number of hydrogen-bond donors (Lipinski definition) is 0. The van der Waals surface area contributed by atoms with Gasteiger partial charge in [0.15, 0.2) is 0 Å². The maximum absolute atomic E-state index is 11.5. The van der Waals surface area contributed by atoms with Crippen molar-refractivity contribution in [1.29, 1.82) is 0 Å². The molecule has 0 aliphatic heterocycles. The first-order valence-corrected chi connectivity index (χ1v) is 12.9. The van der Waals surface area contributed by atoms with Crippen molar-refractivity contribution in [3.63, 3.8) is 0 Å². The Hall–Kier alpha value is -0.590. The number of hydrogen-bond acceptors (Lipinski definition) is 4. The topological polar surface area (TPSA) is 66.4 Å². The number of rotatable bonds is 15. The number of benzene rings is 2. The van der Waals surface area contributed by atoms with Gasteiger partial charge in [-0.25, -0.2) is 8.42 Å². The molecule has 2 rings (SSSR count). The van der Waals surface area contributed by atoms with Gasteiger partial charge in [-0.1, -0.05) is 95.8 Å². The van der Waals surface area contributed by atoms with E-state index in [-0.39, 0.29) is 40.2 Å². The molecule has 31 heavy (non-hydrogen) atoms. The van der Waals surface area contributed by atoms with Crippen molar-refractivity contribution < 1.29 is 47.3 Å². The summed E-state index contributed by atoms with van der Waals surface area (Å²) in [4.78, 5) is -0.292. The van der Waals surface area contributed by atoms with Crippen LogP contribution in [0.25, 0.3) is 10.8 Å². The average molecular weight is 457 g/mol. The first-order valence-electron chi connectivity index (χ1n) is 11.5. The molecule has 0 N–H and O–H groups in total. The fraction of sp³-hybridized carbons (Fsp3) is 0.600. The van der Waals surface area contributed by atoms with Crippen LogP contribution in [0.4, 0.5) is 0 Å². The van der Waals surface area contributed by atoms with E-state index in [1.807, 2.05) is 12.1 Å². The molecule has 0 heterocycles. The molecule has 0 aliphatic rings. The number of aryl methyl sites for hydroxylation is 1. The zero-order valence-electron chi connectivity index (χ0n) is 19.6. The van der Waals surface area contributed by atoms with Crippen molar-refractivity contribution in [1.82, 2.24) is 0 Å². The van der Waals surface area contributed by atoms with Gasteiger partial charge in [0.25, 0.3) is 0 Å². The third-order valence-electron chi connectivity index (χ3n) is 5.79. The fourth-order valence-electron chi connectivity index (χ4n) is 4.05. The number of ether oxygens (including phenoxy) is 1. The molecule has 0 unspecified atom stereocenters. The molecule has 0 radical (unpaired) electrons. The Morgan fingerprint density at radius 1 is 0.806 bits per heavy atom. The second-order valence-electron chi connectivity index (χ2n) is 8.25. The van der Waals surface area contributed by atoms with Gasteiger partial charge in [0.05, 0.1) is 12.0 Å². The molecule has 2 aromatic carbocycles. The molecule has 168 valence electrons. The van der Waals surface area contributed by atoms with Gasteiger partial charge in [-0.05, 0) is 35.9 Å². The van der Waals surface area contributed by atoms with Crippen LogP contribution in [0.3, 0.4) is 0 Å².